The van der Waals surface area contributed by atoms with Gasteiger partial charge < -0.3 is 5.73 Å². The van der Waals surface area contributed by atoms with Gasteiger partial charge >= 0.3 is 0 Å². The largest absolute Gasteiger partial charge is 0.317 e. The standard InChI is InChI=1S/C10H15N5/c1-10(2,3)15-6-12-7-8(11)14(4)5-13-9(7)15/h5-6,11H,1-4H3/p+1. The van der Waals surface area contributed by atoms with Crippen molar-refractivity contribution in [1.82, 2.24) is 14.5 Å². The Morgan fingerprint density at radius 1 is 1.33 bits per heavy atom. The van der Waals surface area contributed by atoms with E-state index in [-0.39, 0.29) is 5.54 Å². The Kier molecular flexibility index (Phi) is 1.92. The van der Waals surface area contributed by atoms with Gasteiger partial charge in [-0.3, -0.25) is 4.57 Å². The maximum Gasteiger partial charge on any atom is 0.250 e. The summed E-state index contributed by atoms with van der Waals surface area (Å²) < 4.78 is 3.79. The molecule has 0 aliphatic rings. The molecular formula is C10H16N5+. The Morgan fingerprint density at radius 3 is 2.60 bits per heavy atom. The van der Waals surface area contributed by atoms with Crippen LogP contribution in [0.3, 0.4) is 0 Å². The molecule has 0 radical (unpaired) electrons. The molecule has 2 aromatic heterocycles. The van der Waals surface area contributed by atoms with Gasteiger partial charge in [-0.2, -0.15) is 0 Å². The number of imidazole rings is 1. The summed E-state index contributed by atoms with van der Waals surface area (Å²) in [4.78, 5) is 8.65. The molecule has 0 atom stereocenters. The van der Waals surface area contributed by atoms with E-state index in [1.54, 1.807) is 17.2 Å². The molecule has 2 heterocycles. The highest BCUT2D eigenvalue weighted by Crippen LogP contribution is 2.21. The van der Waals surface area contributed by atoms with Crippen molar-refractivity contribution in [3.63, 3.8) is 0 Å². The van der Waals surface area contributed by atoms with Crippen molar-refractivity contribution in [3.8, 4) is 0 Å². The van der Waals surface area contributed by atoms with E-state index in [0.29, 0.717) is 5.82 Å². The van der Waals surface area contributed by atoms with Crippen LogP contribution in [0.5, 0.6) is 0 Å². The first-order valence-corrected chi connectivity index (χ1v) is 4.89. The van der Waals surface area contributed by atoms with Gasteiger partial charge in [-0.1, -0.05) is 4.98 Å². The van der Waals surface area contributed by atoms with Gasteiger partial charge in [0.15, 0.2) is 5.52 Å². The molecule has 0 spiro atoms. The SMILES string of the molecule is C[n+]1cnc2c(ncn2C(C)(C)C)c1N. The summed E-state index contributed by atoms with van der Waals surface area (Å²) in [5, 5.41) is 0. The van der Waals surface area contributed by atoms with Crippen LogP contribution in [0.2, 0.25) is 0 Å². The zero-order valence-corrected chi connectivity index (χ0v) is 9.52. The molecule has 2 N–H and O–H groups in total. The van der Waals surface area contributed by atoms with Crippen molar-refractivity contribution in [2.45, 2.75) is 26.3 Å². The molecule has 0 fully saturated rings. The lowest BCUT2D eigenvalue weighted by Gasteiger charge is -2.19. The second-order valence-electron chi connectivity index (χ2n) is 4.70. The minimum Gasteiger partial charge on any atom is -0.317 e. The fourth-order valence-corrected chi connectivity index (χ4v) is 1.51. The third kappa shape index (κ3) is 1.44. The summed E-state index contributed by atoms with van der Waals surface area (Å²) >= 11 is 0. The monoisotopic (exact) mass is 206 g/mol. The molecule has 5 nitrogen and oxygen atoms in total. The van der Waals surface area contributed by atoms with E-state index >= 15 is 0 Å². The first-order chi connectivity index (χ1) is 6.91. The normalized spacial score (nSPS) is 12.3. The van der Waals surface area contributed by atoms with Crippen molar-refractivity contribution in [2.24, 2.45) is 7.05 Å². The van der Waals surface area contributed by atoms with Crippen LogP contribution in [-0.2, 0) is 12.6 Å². The van der Waals surface area contributed by atoms with E-state index < -0.39 is 0 Å². The second-order valence-corrected chi connectivity index (χ2v) is 4.70. The molecule has 15 heavy (non-hydrogen) atoms. The molecule has 2 rings (SSSR count). The van der Waals surface area contributed by atoms with E-state index in [1.165, 1.54) is 0 Å². The summed E-state index contributed by atoms with van der Waals surface area (Å²) in [6, 6.07) is 0. The first-order valence-electron chi connectivity index (χ1n) is 4.89. The van der Waals surface area contributed by atoms with Gasteiger partial charge in [0, 0.05) is 5.54 Å². The highest BCUT2D eigenvalue weighted by atomic mass is 15.2. The van der Waals surface area contributed by atoms with Crippen LogP contribution in [0.4, 0.5) is 5.82 Å². The fraction of sp³-hybridized carbons (Fsp3) is 0.500. The highest BCUT2D eigenvalue weighted by molar-refractivity contribution is 5.79. The zero-order valence-electron chi connectivity index (χ0n) is 9.52. The van der Waals surface area contributed by atoms with Crippen molar-refractivity contribution in [1.29, 1.82) is 0 Å². The number of rotatable bonds is 0. The lowest BCUT2D eigenvalue weighted by Crippen LogP contribution is -2.33. The maximum absolute atomic E-state index is 5.92. The third-order valence-electron chi connectivity index (χ3n) is 2.44. The van der Waals surface area contributed by atoms with Gasteiger partial charge in [-0.15, -0.1) is 0 Å². The van der Waals surface area contributed by atoms with E-state index in [2.05, 4.69) is 30.7 Å². The number of nitrogen functional groups attached to an aromatic ring is 1. The molecule has 0 saturated heterocycles. The Morgan fingerprint density at radius 2 is 2.00 bits per heavy atom. The summed E-state index contributed by atoms with van der Waals surface area (Å²) in [6.07, 6.45) is 3.50. The number of anilines is 1. The van der Waals surface area contributed by atoms with Crippen molar-refractivity contribution >= 4 is 17.0 Å². The van der Waals surface area contributed by atoms with Crippen molar-refractivity contribution in [3.05, 3.63) is 12.7 Å². The van der Waals surface area contributed by atoms with E-state index in [0.717, 1.165) is 11.2 Å². The molecular weight excluding hydrogens is 190 g/mol. The molecule has 2 aromatic rings. The van der Waals surface area contributed by atoms with Crippen LogP contribution in [-0.4, -0.2) is 14.5 Å². The average molecular weight is 206 g/mol. The molecule has 5 heteroatoms. The molecule has 0 saturated carbocycles. The Balaban J connectivity index is 2.78. The van der Waals surface area contributed by atoms with Gasteiger partial charge in [0.2, 0.25) is 12.0 Å². The van der Waals surface area contributed by atoms with Crippen LogP contribution in [0.25, 0.3) is 11.2 Å². The lowest BCUT2D eigenvalue weighted by molar-refractivity contribution is -0.658. The predicted molar refractivity (Wildman–Crippen MR) is 58.1 cm³/mol. The summed E-state index contributed by atoms with van der Waals surface area (Å²) in [5.74, 6) is 0.642. The molecule has 0 aliphatic carbocycles. The van der Waals surface area contributed by atoms with Gasteiger partial charge in [0.05, 0.1) is 13.4 Å². The quantitative estimate of drug-likeness (QED) is 0.642. The summed E-state index contributed by atoms with van der Waals surface area (Å²) in [6.45, 7) is 6.33. The molecule has 0 aliphatic heterocycles. The molecule has 80 valence electrons. The summed E-state index contributed by atoms with van der Waals surface area (Å²) in [7, 11) is 1.86. The van der Waals surface area contributed by atoms with E-state index in [1.807, 2.05) is 11.6 Å². The number of nitrogens with zero attached hydrogens (tertiary/aromatic N) is 4. The number of hydrogen-bond donors (Lipinski definition) is 1. The van der Waals surface area contributed by atoms with Crippen LogP contribution >= 0.6 is 0 Å². The fourth-order valence-electron chi connectivity index (χ4n) is 1.51. The highest BCUT2D eigenvalue weighted by Gasteiger charge is 2.21. The molecule has 0 bridgehead atoms. The number of aromatic nitrogens is 4. The topological polar surface area (TPSA) is 60.6 Å². The van der Waals surface area contributed by atoms with E-state index in [4.69, 9.17) is 5.73 Å². The summed E-state index contributed by atoms with van der Waals surface area (Å²) in [5.41, 5.74) is 7.48. The number of aryl methyl sites for hydroxylation is 1. The lowest BCUT2D eigenvalue weighted by atomic mass is 10.1. The van der Waals surface area contributed by atoms with Gasteiger partial charge in [0.25, 0.3) is 5.82 Å². The minimum atomic E-state index is -0.0336. The van der Waals surface area contributed by atoms with Crippen molar-refractivity contribution < 1.29 is 4.57 Å². The maximum atomic E-state index is 5.92. The Labute approximate surface area is 88.6 Å². The Hall–Kier alpha value is -1.65. The van der Waals surface area contributed by atoms with Crippen LogP contribution in [0.1, 0.15) is 20.8 Å². The smallest absolute Gasteiger partial charge is 0.250 e. The number of hydrogen-bond acceptors (Lipinski definition) is 3. The minimum absolute atomic E-state index is 0.0336. The predicted octanol–water partition coefficient (Wildman–Crippen LogP) is 0.593. The zero-order chi connectivity index (χ0) is 11.2. The third-order valence-corrected chi connectivity index (χ3v) is 2.44. The van der Waals surface area contributed by atoms with Crippen molar-refractivity contribution in [2.75, 3.05) is 5.73 Å². The van der Waals surface area contributed by atoms with Crippen LogP contribution in [0, 0.1) is 0 Å². The number of fused-ring (bicyclic) bond motifs is 1. The van der Waals surface area contributed by atoms with Crippen LogP contribution in [0.15, 0.2) is 12.7 Å². The first kappa shape index (κ1) is 9.89. The second kappa shape index (κ2) is 2.92. The average Bonchev–Trinajstić information content (AvgIpc) is 2.54. The number of nitrogens with two attached hydrogens (primary N) is 1. The molecule has 0 amide bonds. The molecule has 0 unspecified atom stereocenters. The van der Waals surface area contributed by atoms with Gasteiger partial charge in [0.1, 0.15) is 0 Å². The molecule has 0 aromatic carbocycles. The van der Waals surface area contributed by atoms with Gasteiger partial charge in [-0.25, -0.2) is 9.55 Å². The Bertz CT molecular complexity index is 506. The van der Waals surface area contributed by atoms with E-state index in [9.17, 15) is 0 Å². The van der Waals surface area contributed by atoms with Gasteiger partial charge in [-0.05, 0) is 20.8 Å². The van der Waals surface area contributed by atoms with Crippen LogP contribution < -0.4 is 10.3 Å².